The Bertz CT molecular complexity index is 685. The Labute approximate surface area is 163 Å². The molecule has 2 rings (SSSR count). The minimum atomic E-state index is -0.554. The molecule has 1 aliphatic heterocycles. The van der Waals surface area contributed by atoms with E-state index in [1.165, 1.54) is 11.3 Å². The molecule has 1 unspecified atom stereocenters. The van der Waals surface area contributed by atoms with Crippen LogP contribution in [0.5, 0.6) is 0 Å². The number of amides is 2. The van der Waals surface area contributed by atoms with Crippen LogP contribution in [0.4, 0.5) is 4.79 Å². The first-order chi connectivity index (χ1) is 12.2. The highest BCUT2D eigenvalue weighted by Crippen LogP contribution is 2.24. The van der Waals surface area contributed by atoms with Gasteiger partial charge in [-0.25, -0.2) is 4.79 Å². The predicted octanol–water partition coefficient (Wildman–Crippen LogP) is 4.06. The van der Waals surface area contributed by atoms with E-state index in [1.807, 2.05) is 20.8 Å². The lowest BCUT2D eigenvalue weighted by atomic mass is 9.90. The summed E-state index contributed by atoms with van der Waals surface area (Å²) < 4.78 is 5.93. The Morgan fingerprint density at radius 2 is 2.08 bits per heavy atom. The van der Waals surface area contributed by atoms with Gasteiger partial charge < -0.3 is 15.0 Å². The molecular weight excluding hydrogens is 374 g/mol. The number of carbonyl (C=O) groups is 2. The van der Waals surface area contributed by atoms with Gasteiger partial charge in [-0.1, -0.05) is 11.6 Å². The maximum absolute atomic E-state index is 12.2. The monoisotopic (exact) mass is 397 g/mol. The third-order valence-corrected chi connectivity index (χ3v) is 5.32. The van der Waals surface area contributed by atoms with Gasteiger partial charge in [-0.3, -0.25) is 4.79 Å². The van der Waals surface area contributed by atoms with Gasteiger partial charge in [0.15, 0.2) is 0 Å². The molecule has 2 amide bonds. The average Bonchev–Trinajstić information content (AvgIpc) is 3.00. The molecule has 1 fully saturated rings. The molecule has 0 saturated carbocycles. The molecule has 1 N–H and O–H groups in total. The Morgan fingerprint density at radius 3 is 2.58 bits per heavy atom. The Morgan fingerprint density at radius 1 is 1.42 bits per heavy atom. The summed E-state index contributed by atoms with van der Waals surface area (Å²) in [7, 11) is 0. The molecule has 2 heterocycles. The first kappa shape index (κ1) is 20.5. The van der Waals surface area contributed by atoms with E-state index in [1.54, 1.807) is 17.0 Å². The fourth-order valence-corrected chi connectivity index (χ4v) is 3.77. The summed E-state index contributed by atoms with van der Waals surface area (Å²) in [5.74, 6) is 0.00482. The van der Waals surface area contributed by atoms with Crippen LogP contribution in [0.15, 0.2) is 12.1 Å². The number of ether oxygens (including phenoxy) is 1. The number of nitriles is 1. The van der Waals surface area contributed by atoms with Gasteiger partial charge in [0, 0.05) is 13.1 Å². The van der Waals surface area contributed by atoms with Crippen LogP contribution in [0.1, 0.15) is 49.7 Å². The van der Waals surface area contributed by atoms with Crippen molar-refractivity contribution >= 4 is 34.9 Å². The molecule has 0 spiro atoms. The number of thiophene rings is 1. The van der Waals surface area contributed by atoms with Gasteiger partial charge in [0.25, 0.3) is 5.91 Å². The standard InChI is InChI=1S/C18H24ClN3O3S/c1-18(2,3)25-17(24)22-8-6-12(7-9-22)10-13(11-20)21-16(23)14-4-5-15(19)26-14/h4-5,12-13H,6-10H2,1-3H3,(H,21,23). The normalized spacial score (nSPS) is 16.7. The van der Waals surface area contributed by atoms with Crippen LogP contribution in [0.2, 0.25) is 4.34 Å². The lowest BCUT2D eigenvalue weighted by Gasteiger charge is -2.34. The summed E-state index contributed by atoms with van der Waals surface area (Å²) in [5, 5.41) is 12.1. The number of halogens is 1. The molecule has 1 saturated heterocycles. The van der Waals surface area contributed by atoms with Crippen LogP contribution in [-0.4, -0.2) is 41.6 Å². The van der Waals surface area contributed by atoms with E-state index in [0.29, 0.717) is 28.7 Å². The number of nitrogens with zero attached hydrogens (tertiary/aromatic N) is 2. The van der Waals surface area contributed by atoms with Crippen molar-refractivity contribution in [1.29, 1.82) is 5.26 Å². The second kappa shape index (κ2) is 8.74. The van der Waals surface area contributed by atoms with Gasteiger partial charge in [0.1, 0.15) is 11.6 Å². The summed E-state index contributed by atoms with van der Waals surface area (Å²) in [6, 6.07) is 4.91. The Kier molecular flexibility index (Phi) is 6.90. The summed E-state index contributed by atoms with van der Waals surface area (Å²) in [6.07, 6.45) is 1.86. The summed E-state index contributed by atoms with van der Waals surface area (Å²) in [6.45, 7) is 6.74. The topological polar surface area (TPSA) is 82.4 Å². The molecule has 0 aromatic carbocycles. The lowest BCUT2D eigenvalue weighted by molar-refractivity contribution is 0.0180. The first-order valence-corrected chi connectivity index (χ1v) is 9.81. The highest BCUT2D eigenvalue weighted by Gasteiger charge is 2.28. The number of hydrogen-bond acceptors (Lipinski definition) is 5. The quantitative estimate of drug-likeness (QED) is 0.830. The zero-order chi connectivity index (χ0) is 19.3. The van der Waals surface area contributed by atoms with Crippen LogP contribution in [0.25, 0.3) is 0 Å². The number of piperidine rings is 1. The number of likely N-dealkylation sites (tertiary alicyclic amines) is 1. The molecule has 0 radical (unpaired) electrons. The van der Waals surface area contributed by atoms with E-state index >= 15 is 0 Å². The molecule has 0 bridgehead atoms. The van der Waals surface area contributed by atoms with Crippen molar-refractivity contribution in [2.45, 2.75) is 51.7 Å². The maximum atomic E-state index is 12.2. The largest absolute Gasteiger partial charge is 0.444 e. The molecule has 6 nitrogen and oxygen atoms in total. The molecule has 142 valence electrons. The SMILES string of the molecule is CC(C)(C)OC(=O)N1CCC(CC(C#N)NC(=O)c2ccc(Cl)s2)CC1. The van der Waals surface area contributed by atoms with Crippen molar-refractivity contribution in [2.24, 2.45) is 5.92 Å². The third kappa shape index (κ3) is 6.19. The predicted molar refractivity (Wildman–Crippen MR) is 101 cm³/mol. The summed E-state index contributed by atoms with van der Waals surface area (Å²) in [4.78, 5) is 26.5. The zero-order valence-electron chi connectivity index (χ0n) is 15.3. The van der Waals surface area contributed by atoms with E-state index in [0.717, 1.165) is 12.8 Å². The van der Waals surface area contributed by atoms with E-state index in [4.69, 9.17) is 16.3 Å². The van der Waals surface area contributed by atoms with Gasteiger partial charge in [0.2, 0.25) is 0 Å². The van der Waals surface area contributed by atoms with Gasteiger partial charge in [-0.15, -0.1) is 11.3 Å². The minimum Gasteiger partial charge on any atom is -0.444 e. The van der Waals surface area contributed by atoms with Gasteiger partial charge in [-0.05, 0) is 58.1 Å². The Balaban J connectivity index is 1.81. The number of nitrogens with one attached hydrogen (secondary N) is 1. The molecule has 1 atom stereocenters. The molecular formula is C18H24ClN3O3S. The highest BCUT2D eigenvalue weighted by atomic mass is 35.5. The van der Waals surface area contributed by atoms with E-state index in [9.17, 15) is 14.9 Å². The number of hydrogen-bond donors (Lipinski definition) is 1. The van der Waals surface area contributed by atoms with Crippen LogP contribution < -0.4 is 5.32 Å². The Hall–Kier alpha value is -1.78. The number of carbonyl (C=O) groups excluding carboxylic acids is 2. The van der Waals surface area contributed by atoms with Crippen LogP contribution in [0.3, 0.4) is 0 Å². The van der Waals surface area contributed by atoms with Crippen LogP contribution >= 0.6 is 22.9 Å². The maximum Gasteiger partial charge on any atom is 0.410 e. The van der Waals surface area contributed by atoms with Crippen LogP contribution in [-0.2, 0) is 4.74 Å². The van der Waals surface area contributed by atoms with Gasteiger partial charge >= 0.3 is 6.09 Å². The van der Waals surface area contributed by atoms with Crippen molar-refractivity contribution in [2.75, 3.05) is 13.1 Å². The zero-order valence-corrected chi connectivity index (χ0v) is 16.8. The van der Waals surface area contributed by atoms with Crippen LogP contribution in [0, 0.1) is 17.2 Å². The fraction of sp³-hybridized carbons (Fsp3) is 0.611. The van der Waals surface area contributed by atoms with Crippen molar-refractivity contribution in [3.05, 3.63) is 21.3 Å². The summed E-state index contributed by atoms with van der Waals surface area (Å²) in [5.41, 5.74) is -0.505. The van der Waals surface area contributed by atoms with Gasteiger partial charge in [-0.2, -0.15) is 5.26 Å². The highest BCUT2D eigenvalue weighted by molar-refractivity contribution is 7.18. The smallest absolute Gasteiger partial charge is 0.410 e. The minimum absolute atomic E-state index is 0.278. The van der Waals surface area contributed by atoms with E-state index < -0.39 is 11.6 Å². The van der Waals surface area contributed by atoms with Gasteiger partial charge in [0.05, 0.1) is 15.3 Å². The second-order valence-corrected chi connectivity index (χ2v) is 9.12. The van der Waals surface area contributed by atoms with E-state index in [-0.39, 0.29) is 17.9 Å². The fourth-order valence-electron chi connectivity index (χ4n) is 2.82. The molecule has 8 heteroatoms. The average molecular weight is 398 g/mol. The molecule has 1 aliphatic rings. The van der Waals surface area contributed by atoms with Crippen molar-refractivity contribution in [3.63, 3.8) is 0 Å². The third-order valence-electron chi connectivity index (χ3n) is 4.09. The van der Waals surface area contributed by atoms with Crippen molar-refractivity contribution in [1.82, 2.24) is 10.2 Å². The van der Waals surface area contributed by atoms with Crippen molar-refractivity contribution in [3.8, 4) is 6.07 Å². The molecule has 1 aromatic heterocycles. The number of rotatable bonds is 4. The second-order valence-electron chi connectivity index (χ2n) is 7.41. The molecule has 1 aromatic rings. The first-order valence-electron chi connectivity index (χ1n) is 8.61. The van der Waals surface area contributed by atoms with E-state index in [2.05, 4.69) is 11.4 Å². The molecule has 26 heavy (non-hydrogen) atoms. The summed E-state index contributed by atoms with van der Waals surface area (Å²) >= 11 is 7.03. The molecule has 0 aliphatic carbocycles. The van der Waals surface area contributed by atoms with Crippen molar-refractivity contribution < 1.29 is 14.3 Å². The lowest BCUT2D eigenvalue weighted by Crippen LogP contribution is -2.43.